The van der Waals surface area contributed by atoms with E-state index in [-0.39, 0.29) is 36.2 Å². The zero-order valence-corrected chi connectivity index (χ0v) is 17.0. The number of hydrogen-bond donors (Lipinski definition) is 0. The van der Waals surface area contributed by atoms with E-state index in [2.05, 4.69) is 15.0 Å². The molecule has 2 aromatic heterocycles. The zero-order valence-electron chi connectivity index (χ0n) is 16.3. The fourth-order valence-electron chi connectivity index (χ4n) is 3.51. The van der Waals surface area contributed by atoms with Gasteiger partial charge in [0.1, 0.15) is 5.69 Å². The quantitative estimate of drug-likeness (QED) is 0.577. The van der Waals surface area contributed by atoms with E-state index in [0.717, 1.165) is 17.7 Å². The second kappa shape index (κ2) is 8.08. The number of ether oxygens (including phenoxy) is 1. The van der Waals surface area contributed by atoms with E-state index in [9.17, 15) is 13.6 Å². The third-order valence-electron chi connectivity index (χ3n) is 4.96. The highest BCUT2D eigenvalue weighted by molar-refractivity contribution is 6.28. The number of amides is 1. The number of hydrogen-bond acceptors (Lipinski definition) is 5. The minimum Gasteiger partial charge on any atom is -0.382 e. The summed E-state index contributed by atoms with van der Waals surface area (Å²) in [6, 6.07) is 3.28. The number of aryl methyl sites for hydroxylation is 1. The van der Waals surface area contributed by atoms with Crippen LogP contribution in [-0.2, 0) is 17.8 Å². The number of carbonyl (C=O) groups excluding carboxylic acids is 1. The van der Waals surface area contributed by atoms with Crippen molar-refractivity contribution in [1.82, 2.24) is 24.4 Å². The van der Waals surface area contributed by atoms with Gasteiger partial charge in [-0.05, 0) is 41.8 Å². The van der Waals surface area contributed by atoms with Gasteiger partial charge in [-0.3, -0.25) is 4.79 Å². The maximum atomic E-state index is 13.6. The Kier molecular flexibility index (Phi) is 5.48. The van der Waals surface area contributed by atoms with Crippen molar-refractivity contribution < 1.29 is 18.3 Å². The van der Waals surface area contributed by atoms with E-state index in [1.165, 1.54) is 6.07 Å². The molecule has 156 valence electrons. The van der Waals surface area contributed by atoms with Gasteiger partial charge in [0.2, 0.25) is 5.28 Å². The number of aromatic nitrogens is 4. The van der Waals surface area contributed by atoms with E-state index in [4.69, 9.17) is 16.3 Å². The second-order valence-corrected chi connectivity index (χ2v) is 7.40. The average molecular weight is 434 g/mol. The molecule has 0 radical (unpaired) electrons. The lowest BCUT2D eigenvalue weighted by atomic mass is 10.1. The van der Waals surface area contributed by atoms with E-state index in [0.29, 0.717) is 23.5 Å². The maximum Gasteiger partial charge on any atom is 0.290 e. The van der Waals surface area contributed by atoms with Gasteiger partial charge < -0.3 is 14.2 Å². The smallest absolute Gasteiger partial charge is 0.290 e. The van der Waals surface area contributed by atoms with Crippen LogP contribution in [0.15, 0.2) is 30.6 Å². The van der Waals surface area contributed by atoms with Crippen molar-refractivity contribution in [1.29, 1.82) is 0 Å². The molecule has 0 N–H and O–H groups in total. The molecule has 0 bridgehead atoms. The molecule has 1 atom stereocenters. The van der Waals surface area contributed by atoms with Gasteiger partial charge in [0.25, 0.3) is 5.91 Å². The number of nitrogens with zero attached hydrogens (tertiary/aromatic N) is 5. The third kappa shape index (κ3) is 3.78. The lowest BCUT2D eigenvalue weighted by Crippen LogP contribution is -2.49. The van der Waals surface area contributed by atoms with Gasteiger partial charge in [0.15, 0.2) is 17.5 Å². The van der Waals surface area contributed by atoms with Crippen LogP contribution in [0.2, 0.25) is 5.28 Å². The normalized spacial score (nSPS) is 16.1. The molecule has 1 amide bonds. The lowest BCUT2D eigenvalue weighted by molar-refractivity contribution is 0.0379. The van der Waals surface area contributed by atoms with Crippen LogP contribution in [0, 0.1) is 18.6 Å². The van der Waals surface area contributed by atoms with Crippen molar-refractivity contribution in [2.24, 2.45) is 0 Å². The number of methoxy groups -OCH3 is 1. The first-order valence-corrected chi connectivity index (χ1v) is 9.55. The summed E-state index contributed by atoms with van der Waals surface area (Å²) in [5.41, 5.74) is 2.29. The van der Waals surface area contributed by atoms with Crippen LogP contribution in [0.25, 0.3) is 11.4 Å². The molecule has 0 fully saturated rings. The highest BCUT2D eigenvalue weighted by Crippen LogP contribution is 2.26. The standard InChI is InChI=1S/C20H18ClF2N5O2/c1-11-6-24-20(21)26-17(11)16-9-27-8-13(10-30-2)28(19(29)18(27)25-16)7-12-3-4-14(22)15(23)5-12/h3-6,9,13H,7-8,10H2,1-2H3/t13-/m1/s1. The molecule has 0 unspecified atom stereocenters. The van der Waals surface area contributed by atoms with Crippen LogP contribution in [0.5, 0.6) is 0 Å². The summed E-state index contributed by atoms with van der Waals surface area (Å²) in [6.07, 6.45) is 3.34. The van der Waals surface area contributed by atoms with Gasteiger partial charge in [-0.1, -0.05) is 6.07 Å². The summed E-state index contributed by atoms with van der Waals surface area (Å²) in [4.78, 5) is 27.4. The molecular weight excluding hydrogens is 416 g/mol. The fraction of sp³-hybridized carbons (Fsp3) is 0.300. The highest BCUT2D eigenvalue weighted by Gasteiger charge is 2.34. The van der Waals surface area contributed by atoms with E-state index in [1.807, 2.05) is 6.92 Å². The van der Waals surface area contributed by atoms with Crippen molar-refractivity contribution in [2.45, 2.75) is 26.1 Å². The lowest BCUT2D eigenvalue weighted by Gasteiger charge is -2.35. The zero-order chi connectivity index (χ0) is 21.4. The van der Waals surface area contributed by atoms with Crippen molar-refractivity contribution in [3.05, 3.63) is 64.5 Å². The molecule has 1 aliphatic rings. The van der Waals surface area contributed by atoms with Crippen molar-refractivity contribution >= 4 is 17.5 Å². The van der Waals surface area contributed by atoms with Gasteiger partial charge in [-0.25, -0.2) is 23.7 Å². The largest absolute Gasteiger partial charge is 0.382 e. The second-order valence-electron chi connectivity index (χ2n) is 7.06. The Morgan fingerprint density at radius 2 is 2.07 bits per heavy atom. The monoisotopic (exact) mass is 433 g/mol. The Bertz CT molecular complexity index is 1120. The van der Waals surface area contributed by atoms with E-state index >= 15 is 0 Å². The molecular formula is C20H18ClF2N5O2. The third-order valence-corrected chi connectivity index (χ3v) is 5.14. The van der Waals surface area contributed by atoms with E-state index < -0.39 is 11.6 Å². The van der Waals surface area contributed by atoms with Crippen LogP contribution in [-0.4, -0.2) is 50.1 Å². The summed E-state index contributed by atoms with van der Waals surface area (Å²) < 4.78 is 33.9. The molecule has 7 nitrogen and oxygen atoms in total. The van der Waals surface area contributed by atoms with E-state index in [1.54, 1.807) is 29.0 Å². The molecule has 0 spiro atoms. The first-order valence-electron chi connectivity index (χ1n) is 9.18. The van der Waals surface area contributed by atoms with Crippen LogP contribution in [0.1, 0.15) is 21.7 Å². The first-order chi connectivity index (χ1) is 14.4. The minimum atomic E-state index is -0.958. The fourth-order valence-corrected chi connectivity index (χ4v) is 3.64. The highest BCUT2D eigenvalue weighted by atomic mass is 35.5. The average Bonchev–Trinajstić information content (AvgIpc) is 3.14. The summed E-state index contributed by atoms with van der Waals surface area (Å²) >= 11 is 5.92. The number of imidazole rings is 1. The topological polar surface area (TPSA) is 73.1 Å². The Morgan fingerprint density at radius 3 is 2.80 bits per heavy atom. The Labute approximate surface area is 176 Å². The van der Waals surface area contributed by atoms with Crippen LogP contribution >= 0.6 is 11.6 Å². The molecule has 0 saturated carbocycles. The molecule has 10 heteroatoms. The van der Waals surface area contributed by atoms with Gasteiger partial charge in [-0.2, -0.15) is 0 Å². The summed E-state index contributed by atoms with van der Waals surface area (Å²) in [7, 11) is 1.54. The van der Waals surface area contributed by atoms with Crippen LogP contribution in [0.3, 0.4) is 0 Å². The molecule has 1 aromatic carbocycles. The number of benzene rings is 1. The predicted molar refractivity (Wildman–Crippen MR) is 105 cm³/mol. The van der Waals surface area contributed by atoms with Crippen molar-refractivity contribution in [3.63, 3.8) is 0 Å². The number of fused-ring (bicyclic) bond motifs is 1. The predicted octanol–water partition coefficient (Wildman–Crippen LogP) is 3.25. The summed E-state index contributed by atoms with van der Waals surface area (Å²) in [5, 5.41) is 0.0881. The number of carbonyl (C=O) groups is 1. The Hall–Kier alpha value is -2.91. The minimum absolute atomic E-state index is 0.0881. The summed E-state index contributed by atoms with van der Waals surface area (Å²) in [6.45, 7) is 2.64. The number of rotatable bonds is 5. The summed E-state index contributed by atoms with van der Waals surface area (Å²) in [5.74, 6) is -2.00. The molecule has 3 heterocycles. The molecule has 0 saturated heterocycles. The van der Waals surface area contributed by atoms with Crippen molar-refractivity contribution in [2.75, 3.05) is 13.7 Å². The van der Waals surface area contributed by atoms with Gasteiger partial charge in [0, 0.05) is 32.6 Å². The van der Waals surface area contributed by atoms with Crippen molar-refractivity contribution in [3.8, 4) is 11.4 Å². The molecule has 4 rings (SSSR count). The number of halogens is 3. The molecule has 3 aromatic rings. The Balaban J connectivity index is 1.69. The molecule has 1 aliphatic heterocycles. The van der Waals surface area contributed by atoms with Gasteiger partial charge in [-0.15, -0.1) is 0 Å². The maximum absolute atomic E-state index is 13.6. The first kappa shape index (κ1) is 20.4. The Morgan fingerprint density at radius 1 is 1.27 bits per heavy atom. The van der Waals surface area contributed by atoms with Gasteiger partial charge >= 0.3 is 0 Å². The van der Waals surface area contributed by atoms with Crippen LogP contribution in [0.4, 0.5) is 8.78 Å². The molecule has 30 heavy (non-hydrogen) atoms. The SMILES string of the molecule is COC[C@H]1Cn2cc(-c3nc(Cl)ncc3C)nc2C(=O)N1Cc1ccc(F)c(F)c1. The van der Waals surface area contributed by atoms with Gasteiger partial charge in [0.05, 0.1) is 18.3 Å². The van der Waals surface area contributed by atoms with Crippen LogP contribution < -0.4 is 0 Å². The molecule has 0 aliphatic carbocycles.